The lowest BCUT2D eigenvalue weighted by molar-refractivity contribution is 0.0851. The zero-order valence-corrected chi connectivity index (χ0v) is 9.82. The number of carbonyl (C=O) groups excluding carboxylic acids is 1. The summed E-state index contributed by atoms with van der Waals surface area (Å²) in [6.07, 6.45) is 5.39. The standard InChI is InChI=1S/C12H18N2O2/c1-8-12(16-7-14-8)11(15)9-3-5-10(13-2)6-4-9/h7,9-10,13H,3-6H2,1-2H3/t9-,10+. The summed E-state index contributed by atoms with van der Waals surface area (Å²) >= 11 is 0. The monoisotopic (exact) mass is 222 g/mol. The van der Waals surface area contributed by atoms with Crippen molar-refractivity contribution in [2.75, 3.05) is 7.05 Å². The van der Waals surface area contributed by atoms with Crippen molar-refractivity contribution >= 4 is 5.78 Å². The van der Waals surface area contributed by atoms with E-state index in [2.05, 4.69) is 10.3 Å². The van der Waals surface area contributed by atoms with Crippen molar-refractivity contribution in [1.82, 2.24) is 10.3 Å². The lowest BCUT2D eigenvalue weighted by Crippen LogP contribution is -2.32. The van der Waals surface area contributed by atoms with Crippen molar-refractivity contribution in [3.05, 3.63) is 17.8 Å². The van der Waals surface area contributed by atoms with Crippen molar-refractivity contribution in [2.45, 2.75) is 38.6 Å². The molecule has 2 rings (SSSR count). The molecule has 88 valence electrons. The van der Waals surface area contributed by atoms with Crippen molar-refractivity contribution in [2.24, 2.45) is 5.92 Å². The minimum absolute atomic E-state index is 0.122. The molecule has 16 heavy (non-hydrogen) atoms. The maximum Gasteiger partial charge on any atom is 0.203 e. The van der Waals surface area contributed by atoms with E-state index < -0.39 is 0 Å². The first-order valence-electron chi connectivity index (χ1n) is 5.84. The van der Waals surface area contributed by atoms with Gasteiger partial charge in [-0.25, -0.2) is 4.98 Å². The van der Waals surface area contributed by atoms with Gasteiger partial charge in [-0.2, -0.15) is 0 Å². The Morgan fingerprint density at radius 1 is 1.44 bits per heavy atom. The molecule has 0 aromatic carbocycles. The molecular weight excluding hydrogens is 204 g/mol. The van der Waals surface area contributed by atoms with Crippen LogP contribution in [-0.2, 0) is 0 Å². The molecule has 1 N–H and O–H groups in total. The summed E-state index contributed by atoms with van der Waals surface area (Å²) in [5.74, 6) is 0.703. The van der Waals surface area contributed by atoms with E-state index in [9.17, 15) is 4.79 Å². The van der Waals surface area contributed by atoms with E-state index in [1.54, 1.807) is 0 Å². The molecule has 0 unspecified atom stereocenters. The fourth-order valence-corrected chi connectivity index (χ4v) is 2.37. The minimum atomic E-state index is 0.122. The number of aryl methyl sites for hydroxylation is 1. The highest BCUT2D eigenvalue weighted by Crippen LogP contribution is 2.27. The van der Waals surface area contributed by atoms with Gasteiger partial charge in [-0.3, -0.25) is 4.79 Å². The number of hydrogen-bond donors (Lipinski definition) is 1. The molecule has 1 aliphatic rings. The molecule has 1 aromatic heterocycles. The van der Waals surface area contributed by atoms with E-state index in [4.69, 9.17) is 4.42 Å². The molecule has 4 nitrogen and oxygen atoms in total. The van der Waals surface area contributed by atoms with Crippen LogP contribution in [-0.4, -0.2) is 23.9 Å². The van der Waals surface area contributed by atoms with E-state index >= 15 is 0 Å². The van der Waals surface area contributed by atoms with Gasteiger partial charge in [-0.1, -0.05) is 0 Å². The third-order valence-corrected chi connectivity index (χ3v) is 3.48. The predicted octanol–water partition coefficient (Wildman–Crippen LogP) is 1.94. The highest BCUT2D eigenvalue weighted by atomic mass is 16.3. The van der Waals surface area contributed by atoms with Gasteiger partial charge in [-0.05, 0) is 39.7 Å². The number of ketones is 1. The zero-order chi connectivity index (χ0) is 11.5. The van der Waals surface area contributed by atoms with Crippen LogP contribution < -0.4 is 5.32 Å². The molecule has 0 amide bonds. The van der Waals surface area contributed by atoms with Crippen LogP contribution in [0.3, 0.4) is 0 Å². The number of hydrogen-bond acceptors (Lipinski definition) is 4. The van der Waals surface area contributed by atoms with Crippen LogP contribution in [0.2, 0.25) is 0 Å². The molecule has 1 heterocycles. The molecule has 0 aliphatic heterocycles. The Balaban J connectivity index is 2.00. The number of rotatable bonds is 3. The molecule has 1 fully saturated rings. The highest BCUT2D eigenvalue weighted by molar-refractivity contribution is 5.96. The van der Waals surface area contributed by atoms with E-state index in [-0.39, 0.29) is 11.7 Å². The highest BCUT2D eigenvalue weighted by Gasteiger charge is 2.29. The topological polar surface area (TPSA) is 55.1 Å². The van der Waals surface area contributed by atoms with Crippen molar-refractivity contribution < 1.29 is 9.21 Å². The number of nitrogens with zero attached hydrogens (tertiary/aromatic N) is 1. The van der Waals surface area contributed by atoms with Gasteiger partial charge < -0.3 is 9.73 Å². The SMILES string of the molecule is CN[C@H]1CC[C@@H](C(=O)c2ocnc2C)CC1. The average molecular weight is 222 g/mol. The van der Waals surface area contributed by atoms with Gasteiger partial charge in [0.05, 0.1) is 5.69 Å². The Kier molecular flexibility index (Phi) is 3.39. The molecule has 0 spiro atoms. The maximum atomic E-state index is 12.1. The van der Waals surface area contributed by atoms with Gasteiger partial charge in [0.2, 0.25) is 5.78 Å². The molecule has 1 aliphatic carbocycles. The van der Waals surface area contributed by atoms with Gasteiger partial charge in [0.15, 0.2) is 12.2 Å². The number of carbonyl (C=O) groups is 1. The summed E-state index contributed by atoms with van der Waals surface area (Å²) in [5, 5.41) is 3.26. The van der Waals surface area contributed by atoms with E-state index in [1.165, 1.54) is 6.39 Å². The summed E-state index contributed by atoms with van der Waals surface area (Å²) in [4.78, 5) is 16.1. The van der Waals surface area contributed by atoms with Crippen LogP contribution in [0.4, 0.5) is 0 Å². The van der Waals surface area contributed by atoms with E-state index in [0.29, 0.717) is 17.5 Å². The minimum Gasteiger partial charge on any atom is -0.440 e. The van der Waals surface area contributed by atoms with Gasteiger partial charge in [0, 0.05) is 12.0 Å². The smallest absolute Gasteiger partial charge is 0.203 e. The second-order valence-corrected chi connectivity index (χ2v) is 4.47. The fraction of sp³-hybridized carbons (Fsp3) is 0.667. The van der Waals surface area contributed by atoms with Crippen LogP contribution in [0.15, 0.2) is 10.8 Å². The first kappa shape index (κ1) is 11.3. The molecule has 1 aromatic rings. The molecular formula is C12H18N2O2. The molecule has 0 saturated heterocycles. The first-order chi connectivity index (χ1) is 7.72. The van der Waals surface area contributed by atoms with Gasteiger partial charge in [0.25, 0.3) is 0 Å². The lowest BCUT2D eigenvalue weighted by atomic mass is 9.82. The summed E-state index contributed by atoms with van der Waals surface area (Å²) in [7, 11) is 1.98. The van der Waals surface area contributed by atoms with Gasteiger partial charge in [-0.15, -0.1) is 0 Å². The largest absolute Gasteiger partial charge is 0.440 e. The Bertz CT molecular complexity index is 365. The summed E-state index contributed by atoms with van der Waals surface area (Å²) in [6.45, 7) is 1.82. The van der Waals surface area contributed by atoms with Crippen LogP contribution >= 0.6 is 0 Å². The van der Waals surface area contributed by atoms with Crippen LogP contribution in [0.25, 0.3) is 0 Å². The Morgan fingerprint density at radius 3 is 2.62 bits per heavy atom. The number of Topliss-reactive ketones (excluding diaryl/α,β-unsaturated/α-hetero) is 1. The van der Waals surface area contributed by atoms with E-state index in [1.807, 2.05) is 14.0 Å². The number of aromatic nitrogens is 1. The summed E-state index contributed by atoms with van der Waals surface area (Å²) < 4.78 is 5.16. The second-order valence-electron chi connectivity index (χ2n) is 4.47. The second kappa shape index (κ2) is 4.78. The quantitative estimate of drug-likeness (QED) is 0.794. The van der Waals surface area contributed by atoms with Gasteiger partial charge in [0.1, 0.15) is 0 Å². The summed E-state index contributed by atoms with van der Waals surface area (Å²) in [5.41, 5.74) is 0.709. The zero-order valence-electron chi connectivity index (χ0n) is 9.82. The average Bonchev–Trinajstić information content (AvgIpc) is 2.75. The molecule has 0 bridgehead atoms. The third-order valence-electron chi connectivity index (χ3n) is 3.48. The number of nitrogens with one attached hydrogen (secondary N) is 1. The lowest BCUT2D eigenvalue weighted by Gasteiger charge is -2.26. The molecule has 0 radical (unpaired) electrons. The van der Waals surface area contributed by atoms with Crippen molar-refractivity contribution in [1.29, 1.82) is 0 Å². The molecule has 0 atom stereocenters. The molecule has 4 heteroatoms. The van der Waals surface area contributed by atoms with Crippen molar-refractivity contribution in [3.8, 4) is 0 Å². The van der Waals surface area contributed by atoms with Crippen LogP contribution in [0.1, 0.15) is 41.9 Å². The summed E-state index contributed by atoms with van der Waals surface area (Å²) in [6, 6.07) is 0.569. The third kappa shape index (κ3) is 2.16. The predicted molar refractivity (Wildman–Crippen MR) is 60.4 cm³/mol. The van der Waals surface area contributed by atoms with Crippen molar-refractivity contribution in [3.63, 3.8) is 0 Å². The Hall–Kier alpha value is -1.16. The fourth-order valence-electron chi connectivity index (χ4n) is 2.37. The van der Waals surface area contributed by atoms with Gasteiger partial charge >= 0.3 is 0 Å². The Morgan fingerprint density at radius 2 is 2.12 bits per heavy atom. The first-order valence-corrected chi connectivity index (χ1v) is 5.84. The normalized spacial score (nSPS) is 25.6. The molecule has 1 saturated carbocycles. The maximum absolute atomic E-state index is 12.1. The Labute approximate surface area is 95.4 Å². The van der Waals surface area contributed by atoms with E-state index in [0.717, 1.165) is 25.7 Å². The number of oxazole rings is 1. The van der Waals surface area contributed by atoms with Crippen LogP contribution in [0, 0.1) is 12.8 Å². The van der Waals surface area contributed by atoms with Crippen LogP contribution in [0.5, 0.6) is 0 Å².